The number of anilines is 2. The standard InChI is InChI=1S/C24H27N5O3/c1-28-21-12-18(7-8-20(21)27-14-23(28)30)17-5-3-16(4-6-17)11-19(13-25)29-9-2-10-32-22(15-29)24(26)31/h3-8,12,19,22,27H,2,9-11,14-15H2,1H3,(H2,26,31)/t19-,22-/m0/s1. The topological polar surface area (TPSA) is 112 Å². The Bertz CT molecular complexity index is 1050. The number of nitriles is 1. The summed E-state index contributed by atoms with van der Waals surface area (Å²) in [5, 5.41) is 12.9. The molecule has 1 saturated heterocycles. The van der Waals surface area contributed by atoms with Crippen LogP contribution in [0.15, 0.2) is 42.5 Å². The van der Waals surface area contributed by atoms with Crippen molar-refractivity contribution < 1.29 is 14.3 Å². The first-order chi connectivity index (χ1) is 15.5. The fraction of sp³-hybridized carbons (Fsp3) is 0.375. The van der Waals surface area contributed by atoms with Gasteiger partial charge in [-0.25, -0.2) is 0 Å². The Kier molecular flexibility index (Phi) is 6.40. The van der Waals surface area contributed by atoms with Gasteiger partial charge in [-0.3, -0.25) is 14.5 Å². The van der Waals surface area contributed by atoms with E-state index in [1.54, 1.807) is 11.9 Å². The van der Waals surface area contributed by atoms with Crippen LogP contribution in [0.5, 0.6) is 0 Å². The average molecular weight is 434 g/mol. The number of benzene rings is 2. The van der Waals surface area contributed by atoms with Gasteiger partial charge in [-0.05, 0) is 35.2 Å². The molecule has 0 spiro atoms. The maximum Gasteiger partial charge on any atom is 0.247 e. The Morgan fingerprint density at radius 1 is 1.28 bits per heavy atom. The van der Waals surface area contributed by atoms with E-state index < -0.39 is 12.0 Å². The quantitative estimate of drug-likeness (QED) is 0.743. The molecule has 0 aliphatic carbocycles. The summed E-state index contributed by atoms with van der Waals surface area (Å²) in [4.78, 5) is 27.2. The molecule has 0 bridgehead atoms. The maximum absolute atomic E-state index is 12.0. The Balaban J connectivity index is 1.48. The molecule has 8 nitrogen and oxygen atoms in total. The van der Waals surface area contributed by atoms with Crippen LogP contribution in [-0.2, 0) is 20.7 Å². The highest BCUT2D eigenvalue weighted by atomic mass is 16.5. The fourth-order valence-electron chi connectivity index (χ4n) is 4.18. The summed E-state index contributed by atoms with van der Waals surface area (Å²) in [6.07, 6.45) is 0.623. The Hall–Kier alpha value is -3.41. The number of carbonyl (C=O) groups is 2. The number of hydrogen-bond acceptors (Lipinski definition) is 6. The SMILES string of the molecule is CN1C(=O)CNc2ccc(-c3ccc(C[C@@H](C#N)N4CCCO[C@H](C(N)=O)C4)cc3)cc21. The number of fused-ring (bicyclic) bond motifs is 1. The smallest absolute Gasteiger partial charge is 0.247 e. The van der Waals surface area contributed by atoms with Crippen molar-refractivity contribution in [2.75, 3.05) is 43.5 Å². The van der Waals surface area contributed by atoms with Crippen molar-refractivity contribution in [2.45, 2.75) is 25.0 Å². The lowest BCUT2D eigenvalue weighted by molar-refractivity contribution is -0.129. The molecular weight excluding hydrogens is 406 g/mol. The largest absolute Gasteiger partial charge is 0.374 e. The Morgan fingerprint density at radius 3 is 2.75 bits per heavy atom. The number of carbonyl (C=O) groups excluding carboxylic acids is 2. The predicted octanol–water partition coefficient (Wildman–Crippen LogP) is 1.75. The van der Waals surface area contributed by atoms with E-state index in [-0.39, 0.29) is 11.9 Å². The summed E-state index contributed by atoms with van der Waals surface area (Å²) >= 11 is 0. The van der Waals surface area contributed by atoms with Crippen molar-refractivity contribution in [3.05, 3.63) is 48.0 Å². The van der Waals surface area contributed by atoms with Gasteiger partial charge < -0.3 is 20.7 Å². The zero-order chi connectivity index (χ0) is 22.7. The molecule has 2 aliphatic heterocycles. The predicted molar refractivity (Wildman–Crippen MR) is 122 cm³/mol. The van der Waals surface area contributed by atoms with E-state index in [4.69, 9.17) is 10.5 Å². The van der Waals surface area contributed by atoms with Crippen molar-refractivity contribution in [1.29, 1.82) is 5.26 Å². The second kappa shape index (κ2) is 9.39. The van der Waals surface area contributed by atoms with E-state index in [9.17, 15) is 14.9 Å². The van der Waals surface area contributed by atoms with E-state index >= 15 is 0 Å². The van der Waals surface area contributed by atoms with Gasteiger partial charge in [-0.1, -0.05) is 30.3 Å². The van der Waals surface area contributed by atoms with Crippen molar-refractivity contribution >= 4 is 23.2 Å². The van der Waals surface area contributed by atoms with Crippen LogP contribution in [-0.4, -0.2) is 62.1 Å². The number of ether oxygens (including phenoxy) is 1. The third kappa shape index (κ3) is 4.59. The second-order valence-electron chi connectivity index (χ2n) is 8.19. The van der Waals surface area contributed by atoms with Crippen LogP contribution in [0, 0.1) is 11.3 Å². The zero-order valence-electron chi connectivity index (χ0n) is 18.1. The molecule has 4 rings (SSSR count). The van der Waals surface area contributed by atoms with Crippen molar-refractivity contribution in [2.24, 2.45) is 5.73 Å². The lowest BCUT2D eigenvalue weighted by Gasteiger charge is -2.27. The normalized spacial score (nSPS) is 19.9. The molecule has 2 amide bonds. The van der Waals surface area contributed by atoms with Gasteiger partial charge >= 0.3 is 0 Å². The van der Waals surface area contributed by atoms with Crippen LogP contribution in [0.25, 0.3) is 11.1 Å². The van der Waals surface area contributed by atoms with Crippen LogP contribution < -0.4 is 16.0 Å². The molecule has 166 valence electrons. The number of primary amides is 1. The number of likely N-dealkylation sites (N-methyl/N-ethyl adjacent to an activating group) is 1. The molecular formula is C24H27N5O3. The van der Waals surface area contributed by atoms with Crippen LogP contribution in [0.3, 0.4) is 0 Å². The van der Waals surface area contributed by atoms with E-state index in [0.717, 1.165) is 34.5 Å². The molecule has 0 unspecified atom stereocenters. The van der Waals surface area contributed by atoms with Gasteiger partial charge in [0.15, 0.2) is 0 Å². The highest BCUT2D eigenvalue weighted by Crippen LogP contribution is 2.33. The highest BCUT2D eigenvalue weighted by Gasteiger charge is 2.28. The van der Waals surface area contributed by atoms with Gasteiger partial charge in [-0.2, -0.15) is 5.26 Å². The number of rotatable bonds is 5. The summed E-state index contributed by atoms with van der Waals surface area (Å²) in [6, 6.07) is 16.1. The summed E-state index contributed by atoms with van der Waals surface area (Å²) in [5.74, 6) is -0.462. The first-order valence-electron chi connectivity index (χ1n) is 10.7. The monoisotopic (exact) mass is 433 g/mol. The van der Waals surface area contributed by atoms with E-state index in [1.807, 2.05) is 47.4 Å². The minimum absolute atomic E-state index is 0.0324. The Labute approximate surface area is 187 Å². The van der Waals surface area contributed by atoms with Crippen LogP contribution in [0.2, 0.25) is 0 Å². The third-order valence-electron chi connectivity index (χ3n) is 6.10. The maximum atomic E-state index is 12.0. The molecule has 32 heavy (non-hydrogen) atoms. The van der Waals surface area contributed by atoms with Crippen molar-refractivity contribution in [1.82, 2.24) is 4.90 Å². The molecule has 2 aromatic rings. The lowest BCUT2D eigenvalue weighted by Crippen LogP contribution is -2.44. The lowest BCUT2D eigenvalue weighted by atomic mass is 9.99. The first-order valence-corrected chi connectivity index (χ1v) is 10.7. The molecule has 8 heteroatoms. The Morgan fingerprint density at radius 2 is 2.03 bits per heavy atom. The molecule has 0 radical (unpaired) electrons. The van der Waals surface area contributed by atoms with Gasteiger partial charge in [0.1, 0.15) is 12.1 Å². The second-order valence-corrected chi connectivity index (χ2v) is 8.19. The first kappa shape index (κ1) is 21.8. The number of nitrogens with one attached hydrogen (secondary N) is 1. The molecule has 0 saturated carbocycles. The van der Waals surface area contributed by atoms with Gasteiger partial charge in [0.2, 0.25) is 11.8 Å². The van der Waals surface area contributed by atoms with Gasteiger partial charge in [0, 0.05) is 33.2 Å². The minimum atomic E-state index is -0.681. The van der Waals surface area contributed by atoms with Crippen molar-refractivity contribution in [3.8, 4) is 17.2 Å². The fourth-order valence-corrected chi connectivity index (χ4v) is 4.18. The molecule has 3 N–H and O–H groups in total. The van der Waals surface area contributed by atoms with Crippen molar-refractivity contribution in [3.63, 3.8) is 0 Å². The van der Waals surface area contributed by atoms with Crippen LogP contribution >= 0.6 is 0 Å². The summed E-state index contributed by atoms with van der Waals surface area (Å²) in [5.41, 5.74) is 10.3. The molecule has 0 aromatic heterocycles. The van der Waals surface area contributed by atoms with Crippen LogP contribution in [0.1, 0.15) is 12.0 Å². The van der Waals surface area contributed by atoms with Crippen LogP contribution in [0.4, 0.5) is 11.4 Å². The summed E-state index contributed by atoms with van der Waals surface area (Å²) < 4.78 is 5.50. The van der Waals surface area contributed by atoms with Gasteiger partial charge in [0.05, 0.1) is 24.0 Å². The molecule has 2 aliphatic rings. The minimum Gasteiger partial charge on any atom is -0.374 e. The van der Waals surface area contributed by atoms with Gasteiger partial charge in [0.25, 0.3) is 0 Å². The van der Waals surface area contributed by atoms with E-state index in [0.29, 0.717) is 32.7 Å². The zero-order valence-corrected chi connectivity index (χ0v) is 18.1. The summed E-state index contributed by atoms with van der Waals surface area (Å²) in [7, 11) is 1.79. The molecule has 2 heterocycles. The molecule has 2 atom stereocenters. The van der Waals surface area contributed by atoms with E-state index in [1.165, 1.54) is 0 Å². The van der Waals surface area contributed by atoms with E-state index in [2.05, 4.69) is 11.4 Å². The number of nitrogens with zero attached hydrogens (tertiary/aromatic N) is 3. The number of nitrogens with two attached hydrogens (primary N) is 1. The number of amides is 2. The average Bonchev–Trinajstić information content (AvgIpc) is 3.07. The third-order valence-corrected chi connectivity index (χ3v) is 6.10. The highest BCUT2D eigenvalue weighted by molar-refractivity contribution is 6.03. The number of hydrogen-bond donors (Lipinski definition) is 2. The molecule has 2 aromatic carbocycles. The molecule has 1 fully saturated rings. The summed E-state index contributed by atoms with van der Waals surface area (Å²) in [6.45, 7) is 1.80. The van der Waals surface area contributed by atoms with Gasteiger partial charge in [-0.15, -0.1) is 0 Å².